The van der Waals surface area contributed by atoms with Gasteiger partial charge < -0.3 is 4.74 Å². The smallest absolute Gasteiger partial charge is 0.342 e. The van der Waals surface area contributed by atoms with Gasteiger partial charge in [-0.25, -0.2) is 22.9 Å². The number of hydrogen-bond acceptors (Lipinski definition) is 3. The zero-order valence-corrected chi connectivity index (χ0v) is 9.72. The largest absolute Gasteiger partial charge is 0.465 e. The lowest BCUT2D eigenvalue weighted by atomic mass is 10.1. The van der Waals surface area contributed by atoms with Crippen molar-refractivity contribution < 1.29 is 22.7 Å². The molecule has 3 nitrogen and oxygen atoms in total. The third kappa shape index (κ3) is 2.52. The minimum absolute atomic E-state index is 0.0838. The van der Waals surface area contributed by atoms with Gasteiger partial charge in [-0.15, -0.1) is 0 Å². The quantitative estimate of drug-likeness (QED) is 0.636. The summed E-state index contributed by atoms with van der Waals surface area (Å²) in [7, 11) is 0.982. The van der Waals surface area contributed by atoms with Crippen LogP contribution in [0.25, 0.3) is 0 Å². The molecule has 0 atom stereocenters. The summed E-state index contributed by atoms with van der Waals surface area (Å²) in [5.41, 5.74) is -1.64. The fourth-order valence-electron chi connectivity index (χ4n) is 1.11. The number of esters is 1. The van der Waals surface area contributed by atoms with E-state index in [0.29, 0.717) is 0 Å². The number of hydrogen-bond donors (Lipinski definition) is 0. The summed E-state index contributed by atoms with van der Waals surface area (Å²) in [6, 6.07) is 0.910. The number of ether oxygens (including phenoxy) is 1. The maximum atomic E-state index is 13.4. The molecule has 0 aliphatic carbocycles. The molecule has 0 saturated carbocycles. The monoisotopic (exact) mass is 297 g/mol. The lowest BCUT2D eigenvalue weighted by molar-refractivity contribution is 0.0580. The van der Waals surface area contributed by atoms with E-state index in [-0.39, 0.29) is 11.0 Å². The Labute approximate surface area is 97.8 Å². The van der Waals surface area contributed by atoms with Crippen molar-refractivity contribution in [1.29, 1.82) is 0 Å². The van der Waals surface area contributed by atoms with Crippen LogP contribution in [0.15, 0.2) is 6.07 Å². The summed E-state index contributed by atoms with van der Waals surface area (Å²) >= 11 is 2.96. The van der Waals surface area contributed by atoms with E-state index in [2.05, 4.69) is 25.7 Å². The SMILES string of the molecule is COC(=O)c1c(F)cc(CBr)nc1C(F)F. The van der Waals surface area contributed by atoms with Crippen LogP contribution in [0.4, 0.5) is 13.2 Å². The molecular weight excluding hydrogens is 291 g/mol. The molecule has 0 aromatic carbocycles. The van der Waals surface area contributed by atoms with Gasteiger partial charge in [-0.1, -0.05) is 15.9 Å². The second-order valence-corrected chi connectivity index (χ2v) is 3.34. The molecule has 0 aliphatic rings. The molecule has 0 bridgehead atoms. The Morgan fingerprint density at radius 1 is 1.62 bits per heavy atom. The van der Waals surface area contributed by atoms with E-state index in [1.165, 1.54) is 0 Å². The van der Waals surface area contributed by atoms with Gasteiger partial charge in [0.25, 0.3) is 6.43 Å². The molecule has 1 heterocycles. The molecule has 1 aromatic rings. The average Bonchev–Trinajstić information content (AvgIpc) is 2.26. The minimum Gasteiger partial charge on any atom is -0.465 e. The Morgan fingerprint density at radius 2 is 2.25 bits per heavy atom. The van der Waals surface area contributed by atoms with E-state index in [9.17, 15) is 18.0 Å². The molecule has 1 aromatic heterocycles. The molecule has 0 aliphatic heterocycles. The van der Waals surface area contributed by atoms with E-state index in [0.717, 1.165) is 13.2 Å². The third-order valence-electron chi connectivity index (χ3n) is 1.79. The lowest BCUT2D eigenvalue weighted by Gasteiger charge is -2.08. The molecule has 16 heavy (non-hydrogen) atoms. The number of carbonyl (C=O) groups excluding carboxylic acids is 1. The summed E-state index contributed by atoms with van der Waals surface area (Å²) in [6.07, 6.45) is -3.04. The van der Waals surface area contributed by atoms with Crippen molar-refractivity contribution >= 4 is 21.9 Å². The molecule has 0 unspecified atom stereocenters. The van der Waals surface area contributed by atoms with Gasteiger partial charge in [0.05, 0.1) is 12.8 Å². The summed E-state index contributed by atoms with van der Waals surface area (Å²) in [4.78, 5) is 14.6. The molecule has 0 fully saturated rings. The first-order valence-corrected chi connectivity index (χ1v) is 5.25. The molecule has 0 N–H and O–H groups in total. The van der Waals surface area contributed by atoms with Gasteiger partial charge in [0, 0.05) is 5.33 Å². The topological polar surface area (TPSA) is 39.2 Å². The number of carbonyl (C=O) groups is 1. The van der Waals surface area contributed by atoms with Crippen LogP contribution in [0, 0.1) is 5.82 Å². The predicted octanol–water partition coefficient (Wildman–Crippen LogP) is 2.84. The van der Waals surface area contributed by atoms with Gasteiger partial charge in [-0.05, 0) is 6.07 Å². The third-order valence-corrected chi connectivity index (χ3v) is 2.36. The van der Waals surface area contributed by atoms with E-state index in [4.69, 9.17) is 0 Å². The highest BCUT2D eigenvalue weighted by Gasteiger charge is 2.25. The van der Waals surface area contributed by atoms with Crippen LogP contribution in [0.3, 0.4) is 0 Å². The molecule has 0 amide bonds. The number of methoxy groups -OCH3 is 1. The Kier molecular flexibility index (Phi) is 4.28. The number of alkyl halides is 3. The van der Waals surface area contributed by atoms with Crippen LogP contribution in [0.5, 0.6) is 0 Å². The average molecular weight is 298 g/mol. The van der Waals surface area contributed by atoms with Crippen LogP contribution in [0.1, 0.15) is 28.2 Å². The number of pyridine rings is 1. The van der Waals surface area contributed by atoms with Crippen molar-refractivity contribution in [3.8, 4) is 0 Å². The first-order valence-electron chi connectivity index (χ1n) is 4.13. The van der Waals surface area contributed by atoms with Crippen molar-refractivity contribution in [2.24, 2.45) is 0 Å². The van der Waals surface area contributed by atoms with Crippen molar-refractivity contribution in [2.45, 2.75) is 11.8 Å². The second-order valence-electron chi connectivity index (χ2n) is 2.78. The molecule has 0 spiro atoms. The van der Waals surface area contributed by atoms with Gasteiger partial charge in [-0.2, -0.15) is 0 Å². The van der Waals surface area contributed by atoms with E-state index in [1.54, 1.807) is 0 Å². The highest BCUT2D eigenvalue weighted by molar-refractivity contribution is 9.08. The van der Waals surface area contributed by atoms with Crippen LogP contribution in [-0.4, -0.2) is 18.1 Å². The maximum absolute atomic E-state index is 13.4. The van der Waals surface area contributed by atoms with Gasteiger partial charge in [0.15, 0.2) is 0 Å². The summed E-state index contributed by atoms with van der Waals surface area (Å²) in [5.74, 6) is -2.23. The first-order chi connectivity index (χ1) is 7.51. The maximum Gasteiger partial charge on any atom is 0.342 e. The fourth-order valence-corrected chi connectivity index (χ4v) is 1.40. The van der Waals surface area contributed by atoms with Gasteiger partial charge in [0.1, 0.15) is 17.1 Å². The van der Waals surface area contributed by atoms with Crippen molar-refractivity contribution in [2.75, 3.05) is 7.11 Å². The van der Waals surface area contributed by atoms with Gasteiger partial charge >= 0.3 is 5.97 Å². The number of rotatable bonds is 3. The molecule has 0 radical (unpaired) electrons. The molecule has 0 saturated heterocycles. The Hall–Kier alpha value is -1.11. The van der Waals surface area contributed by atoms with Gasteiger partial charge in [0.2, 0.25) is 0 Å². The minimum atomic E-state index is -3.04. The normalized spacial score (nSPS) is 10.6. The zero-order chi connectivity index (χ0) is 12.3. The number of aromatic nitrogens is 1. The predicted molar refractivity (Wildman–Crippen MR) is 53.1 cm³/mol. The van der Waals surface area contributed by atoms with Crippen molar-refractivity contribution in [3.05, 3.63) is 28.8 Å². The summed E-state index contributed by atoms with van der Waals surface area (Å²) < 4.78 is 42.8. The molecule has 7 heteroatoms. The number of nitrogens with zero attached hydrogens (tertiary/aromatic N) is 1. The van der Waals surface area contributed by atoms with E-state index in [1.807, 2.05) is 0 Å². The molecular formula is C9H7BrF3NO2. The van der Waals surface area contributed by atoms with Crippen LogP contribution >= 0.6 is 15.9 Å². The van der Waals surface area contributed by atoms with E-state index < -0.39 is 29.5 Å². The number of halogens is 4. The highest BCUT2D eigenvalue weighted by Crippen LogP contribution is 2.25. The Morgan fingerprint density at radius 3 is 2.69 bits per heavy atom. The molecule has 1 rings (SSSR count). The second kappa shape index (κ2) is 5.29. The molecule has 88 valence electrons. The Bertz CT molecular complexity index is 412. The van der Waals surface area contributed by atoms with Crippen LogP contribution in [0.2, 0.25) is 0 Å². The summed E-state index contributed by atoms with van der Waals surface area (Å²) in [6.45, 7) is 0. The standard InChI is InChI=1S/C9H7BrF3NO2/c1-16-9(15)6-5(11)2-4(3-10)14-7(6)8(12)13/h2,8H,3H2,1H3. The van der Waals surface area contributed by atoms with Gasteiger partial charge in [-0.3, -0.25) is 0 Å². The van der Waals surface area contributed by atoms with E-state index >= 15 is 0 Å². The Balaban J connectivity index is 3.39. The van der Waals surface area contributed by atoms with Crippen molar-refractivity contribution in [1.82, 2.24) is 4.98 Å². The zero-order valence-electron chi connectivity index (χ0n) is 8.14. The van der Waals surface area contributed by atoms with Crippen LogP contribution in [-0.2, 0) is 10.1 Å². The highest BCUT2D eigenvalue weighted by atomic mass is 79.9. The fraction of sp³-hybridized carbons (Fsp3) is 0.333. The lowest BCUT2D eigenvalue weighted by Crippen LogP contribution is -2.12. The van der Waals surface area contributed by atoms with Crippen molar-refractivity contribution in [3.63, 3.8) is 0 Å². The van der Waals surface area contributed by atoms with Crippen LogP contribution < -0.4 is 0 Å². The summed E-state index contributed by atoms with van der Waals surface area (Å²) in [5, 5.41) is 0.116. The first kappa shape index (κ1) is 13.0.